The fourth-order valence-corrected chi connectivity index (χ4v) is 2.24. The zero-order valence-electron chi connectivity index (χ0n) is 10.7. The van der Waals surface area contributed by atoms with Crippen molar-refractivity contribution in [2.24, 2.45) is 0 Å². The van der Waals surface area contributed by atoms with Gasteiger partial charge in [-0.1, -0.05) is 24.3 Å². The fourth-order valence-electron chi connectivity index (χ4n) is 2.24. The highest BCUT2D eigenvalue weighted by Gasteiger charge is 2.11. The van der Waals surface area contributed by atoms with Crippen molar-refractivity contribution >= 4 is 17.0 Å². The van der Waals surface area contributed by atoms with Crippen molar-refractivity contribution in [1.29, 1.82) is 10.5 Å². The lowest BCUT2D eigenvalue weighted by Crippen LogP contribution is -1.97. The van der Waals surface area contributed by atoms with Crippen LogP contribution in [0.4, 0.5) is 0 Å². The molecule has 0 fully saturated rings. The summed E-state index contributed by atoms with van der Waals surface area (Å²) >= 11 is 0. The molecule has 1 aromatic heterocycles. The molecule has 0 atom stereocenters. The average Bonchev–Trinajstić information content (AvgIpc) is 2.70. The Bertz CT molecular complexity index is 733. The molecule has 2 aromatic rings. The van der Waals surface area contributed by atoms with Gasteiger partial charge in [-0.25, -0.2) is 0 Å². The first-order chi connectivity index (χ1) is 9.22. The van der Waals surface area contributed by atoms with Gasteiger partial charge in [0.15, 0.2) is 0 Å². The Labute approximate surface area is 112 Å². The van der Waals surface area contributed by atoms with Gasteiger partial charge in [-0.15, -0.1) is 6.58 Å². The van der Waals surface area contributed by atoms with Crippen molar-refractivity contribution in [3.63, 3.8) is 0 Å². The van der Waals surface area contributed by atoms with E-state index in [1.54, 1.807) is 6.08 Å². The van der Waals surface area contributed by atoms with Crippen molar-refractivity contribution in [2.45, 2.75) is 13.5 Å². The van der Waals surface area contributed by atoms with Crippen LogP contribution in [0, 0.1) is 29.6 Å². The standard InChI is InChI=1S/C16H13N3/c1-3-8-19-12(2)15(9-13(10-17)11-18)14-6-4-5-7-16(14)19/h3-7,9H,1,8H2,2H3. The largest absolute Gasteiger partial charge is 0.340 e. The first kappa shape index (κ1) is 12.7. The molecule has 0 aliphatic rings. The van der Waals surface area contributed by atoms with E-state index in [0.29, 0.717) is 6.54 Å². The van der Waals surface area contributed by atoms with E-state index in [9.17, 15) is 0 Å². The van der Waals surface area contributed by atoms with Crippen LogP contribution >= 0.6 is 0 Å². The van der Waals surface area contributed by atoms with Gasteiger partial charge in [0, 0.05) is 28.7 Å². The van der Waals surface area contributed by atoms with Crippen molar-refractivity contribution in [2.75, 3.05) is 0 Å². The van der Waals surface area contributed by atoms with Gasteiger partial charge in [-0.3, -0.25) is 0 Å². The van der Waals surface area contributed by atoms with Crippen LogP contribution in [0.5, 0.6) is 0 Å². The molecule has 0 aliphatic heterocycles. The number of benzene rings is 1. The molecule has 0 spiro atoms. The molecule has 3 nitrogen and oxygen atoms in total. The van der Waals surface area contributed by atoms with Crippen LogP contribution in [0.2, 0.25) is 0 Å². The predicted octanol–water partition coefficient (Wildman–Crippen LogP) is 3.57. The molecule has 0 N–H and O–H groups in total. The molecular formula is C16H13N3. The molecule has 2 rings (SSSR count). The summed E-state index contributed by atoms with van der Waals surface area (Å²) in [6, 6.07) is 11.8. The first-order valence-electron chi connectivity index (χ1n) is 5.93. The zero-order valence-corrected chi connectivity index (χ0v) is 10.7. The van der Waals surface area contributed by atoms with E-state index in [2.05, 4.69) is 11.1 Å². The summed E-state index contributed by atoms with van der Waals surface area (Å²) in [5, 5.41) is 18.8. The summed E-state index contributed by atoms with van der Waals surface area (Å²) in [5.74, 6) is 0. The van der Waals surface area contributed by atoms with Gasteiger partial charge in [-0.05, 0) is 19.1 Å². The smallest absolute Gasteiger partial charge is 0.130 e. The van der Waals surface area contributed by atoms with E-state index >= 15 is 0 Å². The number of rotatable bonds is 3. The van der Waals surface area contributed by atoms with Crippen LogP contribution < -0.4 is 0 Å². The second kappa shape index (κ2) is 5.25. The average molecular weight is 247 g/mol. The van der Waals surface area contributed by atoms with Crippen molar-refractivity contribution in [3.05, 3.63) is 53.8 Å². The quantitative estimate of drug-likeness (QED) is 0.615. The Hall–Kier alpha value is -2.78. The molecule has 0 saturated carbocycles. The third-order valence-electron chi connectivity index (χ3n) is 3.12. The third kappa shape index (κ3) is 2.14. The van der Waals surface area contributed by atoms with Crippen LogP contribution in [0.15, 0.2) is 42.5 Å². The van der Waals surface area contributed by atoms with E-state index in [4.69, 9.17) is 10.5 Å². The van der Waals surface area contributed by atoms with E-state index in [-0.39, 0.29) is 5.57 Å². The number of para-hydroxylation sites is 1. The normalized spacial score (nSPS) is 9.63. The minimum Gasteiger partial charge on any atom is -0.340 e. The lowest BCUT2D eigenvalue weighted by Gasteiger charge is -2.03. The highest BCUT2D eigenvalue weighted by atomic mass is 15.0. The number of fused-ring (bicyclic) bond motifs is 1. The van der Waals surface area contributed by atoms with Crippen molar-refractivity contribution < 1.29 is 0 Å². The summed E-state index contributed by atoms with van der Waals surface area (Å²) < 4.78 is 2.13. The second-order valence-corrected chi connectivity index (χ2v) is 4.20. The number of hydrogen-bond donors (Lipinski definition) is 0. The summed E-state index contributed by atoms with van der Waals surface area (Å²) in [7, 11) is 0. The molecular weight excluding hydrogens is 234 g/mol. The number of nitriles is 2. The summed E-state index contributed by atoms with van der Waals surface area (Å²) in [4.78, 5) is 0. The lowest BCUT2D eigenvalue weighted by molar-refractivity contribution is 0.828. The van der Waals surface area contributed by atoms with Gasteiger partial charge in [0.05, 0.1) is 0 Å². The highest BCUT2D eigenvalue weighted by Crippen LogP contribution is 2.27. The maximum atomic E-state index is 8.90. The lowest BCUT2D eigenvalue weighted by atomic mass is 10.1. The van der Waals surface area contributed by atoms with Crippen LogP contribution in [-0.2, 0) is 6.54 Å². The van der Waals surface area contributed by atoms with Crippen LogP contribution in [0.3, 0.4) is 0 Å². The molecule has 0 radical (unpaired) electrons. The van der Waals surface area contributed by atoms with Gasteiger partial charge < -0.3 is 4.57 Å². The number of aromatic nitrogens is 1. The molecule has 1 aromatic carbocycles. The van der Waals surface area contributed by atoms with Gasteiger partial charge in [0.25, 0.3) is 0 Å². The van der Waals surface area contributed by atoms with E-state index in [0.717, 1.165) is 22.2 Å². The minimum absolute atomic E-state index is 0.115. The molecule has 19 heavy (non-hydrogen) atoms. The molecule has 0 bridgehead atoms. The van der Waals surface area contributed by atoms with E-state index in [1.165, 1.54) is 0 Å². The molecule has 92 valence electrons. The Balaban J connectivity index is 2.79. The number of allylic oxidation sites excluding steroid dienone is 2. The van der Waals surface area contributed by atoms with Crippen LogP contribution in [0.25, 0.3) is 17.0 Å². The zero-order chi connectivity index (χ0) is 13.8. The van der Waals surface area contributed by atoms with Crippen molar-refractivity contribution in [3.8, 4) is 12.1 Å². The highest BCUT2D eigenvalue weighted by molar-refractivity contribution is 5.92. The van der Waals surface area contributed by atoms with E-state index in [1.807, 2.05) is 49.4 Å². The van der Waals surface area contributed by atoms with Gasteiger partial charge in [-0.2, -0.15) is 10.5 Å². The molecule has 1 heterocycles. The second-order valence-electron chi connectivity index (χ2n) is 4.20. The third-order valence-corrected chi connectivity index (χ3v) is 3.12. The van der Waals surface area contributed by atoms with Crippen LogP contribution in [0.1, 0.15) is 11.3 Å². The summed E-state index contributed by atoms with van der Waals surface area (Å²) in [6.07, 6.45) is 3.49. The van der Waals surface area contributed by atoms with E-state index < -0.39 is 0 Å². The SMILES string of the molecule is C=CCn1c(C)c(C=C(C#N)C#N)c2ccccc21. The minimum atomic E-state index is 0.115. The summed E-state index contributed by atoms with van der Waals surface area (Å²) in [6.45, 7) is 6.46. The Morgan fingerprint density at radius 1 is 1.32 bits per heavy atom. The molecule has 0 amide bonds. The van der Waals surface area contributed by atoms with Crippen LogP contribution in [-0.4, -0.2) is 4.57 Å². The fraction of sp³-hybridized carbons (Fsp3) is 0.125. The van der Waals surface area contributed by atoms with Gasteiger partial charge >= 0.3 is 0 Å². The van der Waals surface area contributed by atoms with Gasteiger partial charge in [0.1, 0.15) is 17.7 Å². The monoisotopic (exact) mass is 247 g/mol. The Kier molecular flexibility index (Phi) is 3.50. The number of nitrogens with zero attached hydrogens (tertiary/aromatic N) is 3. The number of hydrogen-bond acceptors (Lipinski definition) is 2. The maximum Gasteiger partial charge on any atom is 0.130 e. The predicted molar refractivity (Wildman–Crippen MR) is 76.1 cm³/mol. The molecule has 0 saturated heterocycles. The molecule has 3 heteroatoms. The Morgan fingerprint density at radius 2 is 2.00 bits per heavy atom. The maximum absolute atomic E-state index is 8.90. The molecule has 0 aliphatic carbocycles. The van der Waals surface area contributed by atoms with Gasteiger partial charge in [0.2, 0.25) is 0 Å². The Morgan fingerprint density at radius 3 is 2.63 bits per heavy atom. The molecule has 0 unspecified atom stereocenters. The topological polar surface area (TPSA) is 52.5 Å². The van der Waals surface area contributed by atoms with Crippen molar-refractivity contribution in [1.82, 2.24) is 4.57 Å². The first-order valence-corrected chi connectivity index (χ1v) is 5.93. The summed E-state index contributed by atoms with van der Waals surface area (Å²) in [5.41, 5.74) is 3.16.